The van der Waals surface area contributed by atoms with Crippen LogP contribution in [0.1, 0.15) is 5.56 Å². The zero-order valence-corrected chi connectivity index (χ0v) is 15.6. The summed E-state index contributed by atoms with van der Waals surface area (Å²) in [6.45, 7) is 0. The van der Waals surface area contributed by atoms with Crippen LogP contribution in [0, 0.1) is 0 Å². The highest BCUT2D eigenvalue weighted by Crippen LogP contribution is 2.39. The van der Waals surface area contributed by atoms with Crippen LogP contribution in [0.15, 0.2) is 78.9 Å². The fourth-order valence-corrected chi connectivity index (χ4v) is 3.96. The summed E-state index contributed by atoms with van der Waals surface area (Å²) in [5.74, 6) is 0.498. The van der Waals surface area contributed by atoms with Gasteiger partial charge < -0.3 is 15.6 Å². The van der Waals surface area contributed by atoms with E-state index >= 15 is 0 Å². The summed E-state index contributed by atoms with van der Waals surface area (Å²) < 4.78 is 6.20. The minimum absolute atomic E-state index is 0.286. The van der Waals surface area contributed by atoms with Crippen LogP contribution in [-0.4, -0.2) is 17.1 Å². The average molecular weight is 381 g/mol. The second-order valence-corrected chi connectivity index (χ2v) is 7.31. The molecule has 0 aliphatic rings. The van der Waals surface area contributed by atoms with Crippen LogP contribution in [0.2, 0.25) is 0 Å². The van der Waals surface area contributed by atoms with Crippen LogP contribution < -0.4 is 10.5 Å². The minimum atomic E-state index is -1.00. The van der Waals surface area contributed by atoms with Gasteiger partial charge in [-0.2, -0.15) is 0 Å². The van der Waals surface area contributed by atoms with Gasteiger partial charge in [-0.3, -0.25) is 4.79 Å². The van der Waals surface area contributed by atoms with Crippen molar-refractivity contribution in [2.24, 2.45) is 5.73 Å². The molecule has 0 aliphatic carbocycles. The van der Waals surface area contributed by atoms with Crippen LogP contribution in [0.25, 0.3) is 32.3 Å². The van der Waals surface area contributed by atoms with Gasteiger partial charge in [0.1, 0.15) is 17.5 Å². The Bertz CT molecular complexity index is 1330. The second-order valence-electron chi connectivity index (χ2n) is 7.31. The topological polar surface area (TPSA) is 72.5 Å². The first-order valence-electron chi connectivity index (χ1n) is 9.52. The average Bonchev–Trinajstić information content (AvgIpc) is 2.74. The van der Waals surface area contributed by atoms with Gasteiger partial charge in [-0.25, -0.2) is 0 Å². The van der Waals surface area contributed by atoms with E-state index in [1.54, 1.807) is 0 Å². The molecular weight excluding hydrogens is 362 g/mol. The maximum absolute atomic E-state index is 10.9. The molecule has 4 nitrogen and oxygen atoms in total. The van der Waals surface area contributed by atoms with Crippen LogP contribution in [0.3, 0.4) is 0 Å². The third-order valence-corrected chi connectivity index (χ3v) is 5.41. The van der Waals surface area contributed by atoms with Gasteiger partial charge in [-0.15, -0.1) is 0 Å². The lowest BCUT2D eigenvalue weighted by Gasteiger charge is -2.14. The van der Waals surface area contributed by atoms with Crippen molar-refractivity contribution < 1.29 is 14.6 Å². The molecule has 0 unspecified atom stereocenters. The maximum Gasteiger partial charge on any atom is 0.320 e. The lowest BCUT2D eigenvalue weighted by molar-refractivity contribution is -0.138. The SMILES string of the molecule is N[C@@H](Cc1ccc(Oc2ccc3ccc4cccc5ccc2c3c45)cc1)C(=O)O. The smallest absolute Gasteiger partial charge is 0.320 e. The molecule has 0 amide bonds. The van der Waals surface area contributed by atoms with E-state index in [2.05, 4.69) is 48.5 Å². The molecule has 0 saturated heterocycles. The zero-order chi connectivity index (χ0) is 20.0. The van der Waals surface area contributed by atoms with Crippen molar-refractivity contribution in [3.05, 3.63) is 84.4 Å². The highest BCUT2D eigenvalue weighted by atomic mass is 16.5. The van der Waals surface area contributed by atoms with E-state index in [1.807, 2.05) is 30.3 Å². The summed E-state index contributed by atoms with van der Waals surface area (Å²) in [6.07, 6.45) is 0.286. The van der Waals surface area contributed by atoms with Gasteiger partial charge in [-0.1, -0.05) is 54.6 Å². The summed E-state index contributed by atoms with van der Waals surface area (Å²) in [4.78, 5) is 10.9. The van der Waals surface area contributed by atoms with Crippen LogP contribution >= 0.6 is 0 Å². The third-order valence-electron chi connectivity index (χ3n) is 5.41. The quantitative estimate of drug-likeness (QED) is 0.404. The highest BCUT2D eigenvalue weighted by Gasteiger charge is 2.13. The van der Waals surface area contributed by atoms with Gasteiger partial charge in [0.25, 0.3) is 0 Å². The van der Waals surface area contributed by atoms with Gasteiger partial charge in [0.05, 0.1) is 0 Å². The molecular formula is C25H19NO3. The van der Waals surface area contributed by atoms with Crippen molar-refractivity contribution in [2.75, 3.05) is 0 Å². The molecule has 0 bridgehead atoms. The Morgan fingerprint density at radius 2 is 1.45 bits per heavy atom. The Labute approximate surface area is 167 Å². The summed E-state index contributed by atoms with van der Waals surface area (Å²) in [5, 5.41) is 16.1. The van der Waals surface area contributed by atoms with E-state index < -0.39 is 12.0 Å². The number of rotatable bonds is 5. The first kappa shape index (κ1) is 17.5. The summed E-state index contributed by atoms with van der Waals surface area (Å²) >= 11 is 0. The molecule has 0 aromatic heterocycles. The van der Waals surface area contributed by atoms with E-state index in [9.17, 15) is 4.79 Å². The maximum atomic E-state index is 10.9. The van der Waals surface area contributed by atoms with Gasteiger partial charge in [0, 0.05) is 10.8 Å². The summed E-state index contributed by atoms with van der Waals surface area (Å²) in [6, 6.07) is 25.5. The molecule has 29 heavy (non-hydrogen) atoms. The van der Waals surface area contributed by atoms with E-state index in [1.165, 1.54) is 26.9 Å². The lowest BCUT2D eigenvalue weighted by Crippen LogP contribution is -2.32. The van der Waals surface area contributed by atoms with Crippen molar-refractivity contribution >= 4 is 38.3 Å². The minimum Gasteiger partial charge on any atom is -0.480 e. The van der Waals surface area contributed by atoms with Crippen LogP contribution in [0.5, 0.6) is 11.5 Å². The summed E-state index contributed by atoms with van der Waals surface area (Å²) in [7, 11) is 0. The number of benzene rings is 5. The molecule has 5 aromatic carbocycles. The third kappa shape index (κ3) is 3.04. The van der Waals surface area contributed by atoms with Crippen molar-refractivity contribution in [2.45, 2.75) is 12.5 Å². The molecule has 5 rings (SSSR count). The Balaban J connectivity index is 1.53. The molecule has 0 spiro atoms. The first-order chi connectivity index (χ1) is 14.1. The molecule has 0 heterocycles. The van der Waals surface area contributed by atoms with Crippen LogP contribution in [-0.2, 0) is 11.2 Å². The molecule has 0 radical (unpaired) electrons. The predicted molar refractivity (Wildman–Crippen MR) is 116 cm³/mol. The van der Waals surface area contributed by atoms with E-state index in [0.717, 1.165) is 16.7 Å². The van der Waals surface area contributed by atoms with Gasteiger partial charge in [-0.05, 0) is 57.8 Å². The number of carboxylic acid groups (broad SMARTS) is 1. The fourth-order valence-electron chi connectivity index (χ4n) is 3.96. The number of ether oxygens (including phenoxy) is 1. The van der Waals surface area contributed by atoms with Crippen molar-refractivity contribution in [3.8, 4) is 11.5 Å². The Morgan fingerprint density at radius 3 is 2.14 bits per heavy atom. The zero-order valence-electron chi connectivity index (χ0n) is 15.6. The van der Waals surface area contributed by atoms with Gasteiger partial charge in [0.15, 0.2) is 0 Å². The number of carbonyl (C=O) groups is 1. The highest BCUT2D eigenvalue weighted by molar-refractivity contribution is 6.24. The van der Waals surface area contributed by atoms with Gasteiger partial charge >= 0.3 is 5.97 Å². The molecule has 142 valence electrons. The van der Waals surface area contributed by atoms with Gasteiger partial charge in [0.2, 0.25) is 0 Å². The van der Waals surface area contributed by atoms with Crippen molar-refractivity contribution in [3.63, 3.8) is 0 Å². The molecule has 1 atom stereocenters. The van der Waals surface area contributed by atoms with E-state index in [0.29, 0.717) is 5.75 Å². The van der Waals surface area contributed by atoms with E-state index in [-0.39, 0.29) is 6.42 Å². The molecule has 4 heteroatoms. The number of carboxylic acids is 1. The second kappa shape index (κ2) is 6.76. The summed E-state index contributed by atoms with van der Waals surface area (Å²) in [5.41, 5.74) is 6.48. The predicted octanol–water partition coefficient (Wildman–Crippen LogP) is 5.33. The normalized spacial score (nSPS) is 12.6. The fraction of sp³-hybridized carbons (Fsp3) is 0.0800. The molecule has 3 N–H and O–H groups in total. The lowest BCUT2D eigenvalue weighted by atomic mass is 9.94. The number of nitrogens with two attached hydrogens (primary N) is 1. The van der Waals surface area contributed by atoms with E-state index in [4.69, 9.17) is 15.6 Å². The first-order valence-corrected chi connectivity index (χ1v) is 9.52. The largest absolute Gasteiger partial charge is 0.480 e. The van der Waals surface area contributed by atoms with Crippen molar-refractivity contribution in [1.82, 2.24) is 0 Å². The number of hydrogen-bond acceptors (Lipinski definition) is 3. The molecule has 0 saturated carbocycles. The Hall–Kier alpha value is -3.63. The Morgan fingerprint density at radius 1 is 0.828 bits per heavy atom. The monoisotopic (exact) mass is 381 g/mol. The Kier molecular flexibility index (Phi) is 4.07. The molecule has 0 fully saturated rings. The standard InChI is InChI=1S/C25H19NO3/c26-21(25(27)28)14-15-4-10-19(11-5-15)29-22-13-9-18-7-6-16-2-1-3-17-8-12-20(22)24(18)23(16)17/h1-13,21H,14,26H2,(H,27,28)/t21-/m0/s1. The number of hydrogen-bond donors (Lipinski definition) is 2. The van der Waals surface area contributed by atoms with Crippen LogP contribution in [0.4, 0.5) is 0 Å². The van der Waals surface area contributed by atoms with Crippen molar-refractivity contribution in [1.29, 1.82) is 0 Å². The molecule has 0 aliphatic heterocycles. The molecule has 5 aromatic rings. The number of aliphatic carboxylic acids is 1.